The molecule has 3 rings (SSSR count). The van der Waals surface area contributed by atoms with Crippen molar-refractivity contribution < 1.29 is 9.59 Å². The molecule has 1 aliphatic rings. The average molecular weight is 431 g/mol. The largest absolute Gasteiger partial charge is 0.330 e. The Labute approximate surface area is 184 Å². The quantitative estimate of drug-likeness (QED) is 0.516. The minimum atomic E-state index is -0.00173. The van der Waals surface area contributed by atoms with Gasteiger partial charge in [0.05, 0.1) is 12.7 Å². The van der Waals surface area contributed by atoms with Crippen molar-refractivity contribution in [3.63, 3.8) is 0 Å². The summed E-state index contributed by atoms with van der Waals surface area (Å²) >= 11 is 5.82. The van der Waals surface area contributed by atoms with Crippen LogP contribution in [0.2, 0.25) is 5.02 Å². The van der Waals surface area contributed by atoms with E-state index in [0.717, 1.165) is 30.4 Å². The second-order valence-electron chi connectivity index (χ2n) is 7.23. The van der Waals surface area contributed by atoms with Crippen molar-refractivity contribution in [3.8, 4) is 0 Å². The van der Waals surface area contributed by atoms with Crippen LogP contribution in [-0.2, 0) is 24.3 Å². The van der Waals surface area contributed by atoms with Crippen LogP contribution in [0.15, 0.2) is 42.6 Å². The number of likely N-dealkylation sites (N-methyl/N-ethyl adjacent to an activating group) is 1. The van der Waals surface area contributed by atoms with Crippen LogP contribution < -0.4 is 0 Å². The van der Waals surface area contributed by atoms with Gasteiger partial charge in [-0.25, -0.2) is 4.98 Å². The molecule has 2 aromatic rings. The fourth-order valence-corrected chi connectivity index (χ4v) is 3.35. The van der Waals surface area contributed by atoms with Crippen LogP contribution >= 0.6 is 11.6 Å². The van der Waals surface area contributed by atoms with Gasteiger partial charge in [-0.15, -0.1) is 0 Å². The van der Waals surface area contributed by atoms with Crippen LogP contribution in [-0.4, -0.2) is 57.7 Å². The third kappa shape index (κ3) is 6.54. The third-order valence-corrected chi connectivity index (χ3v) is 5.46. The SMILES string of the molecule is CCN(C)C/C=C/C(=O)N1CCn2c(C(C)=O)cnc2C1.CCc1ccccc1Cl. The van der Waals surface area contributed by atoms with Crippen molar-refractivity contribution in [1.82, 2.24) is 19.4 Å². The van der Waals surface area contributed by atoms with Gasteiger partial charge in [-0.2, -0.15) is 0 Å². The molecule has 1 aliphatic heterocycles. The van der Waals surface area contributed by atoms with E-state index in [1.165, 1.54) is 12.5 Å². The van der Waals surface area contributed by atoms with Crippen LogP contribution in [0, 0.1) is 0 Å². The number of hydrogen-bond acceptors (Lipinski definition) is 4. The molecule has 0 saturated carbocycles. The van der Waals surface area contributed by atoms with E-state index in [1.54, 1.807) is 17.2 Å². The van der Waals surface area contributed by atoms with Crippen LogP contribution in [0.3, 0.4) is 0 Å². The molecule has 0 saturated heterocycles. The number of aryl methyl sites for hydroxylation is 1. The zero-order valence-electron chi connectivity index (χ0n) is 18.3. The first-order chi connectivity index (χ1) is 14.4. The number of benzene rings is 1. The summed E-state index contributed by atoms with van der Waals surface area (Å²) in [6.45, 7) is 9.12. The summed E-state index contributed by atoms with van der Waals surface area (Å²) in [5.74, 6) is 0.785. The number of nitrogens with zero attached hydrogens (tertiary/aromatic N) is 4. The molecule has 0 bridgehead atoms. The van der Waals surface area contributed by atoms with Gasteiger partial charge in [-0.05, 0) is 31.6 Å². The number of aromatic nitrogens is 2. The van der Waals surface area contributed by atoms with Gasteiger partial charge in [0, 0.05) is 37.7 Å². The van der Waals surface area contributed by atoms with E-state index in [-0.39, 0.29) is 11.7 Å². The molecule has 1 aromatic heterocycles. The molecule has 0 aliphatic carbocycles. The molecule has 0 N–H and O–H groups in total. The van der Waals surface area contributed by atoms with Crippen molar-refractivity contribution in [2.45, 2.75) is 40.3 Å². The molecule has 0 atom stereocenters. The highest BCUT2D eigenvalue weighted by molar-refractivity contribution is 6.31. The van der Waals surface area contributed by atoms with Gasteiger partial charge in [0.25, 0.3) is 0 Å². The van der Waals surface area contributed by atoms with E-state index >= 15 is 0 Å². The summed E-state index contributed by atoms with van der Waals surface area (Å²) in [4.78, 5) is 31.7. The standard InChI is InChI=1S/C15H22N4O2.C8H9Cl/c1-4-17(3)7-5-6-15(21)18-8-9-19-13(12(2)20)10-16-14(19)11-18;1-2-7-5-3-4-6-8(7)9/h5-6,10H,4,7-9,11H2,1-3H3;3-6H,2H2,1H3/b6-5+;. The Morgan fingerprint density at radius 3 is 2.57 bits per heavy atom. The number of carbonyl (C=O) groups excluding carboxylic acids is 2. The van der Waals surface area contributed by atoms with E-state index in [4.69, 9.17) is 11.6 Å². The lowest BCUT2D eigenvalue weighted by Gasteiger charge is -2.27. The first-order valence-corrected chi connectivity index (χ1v) is 10.7. The fourth-order valence-electron chi connectivity index (χ4n) is 3.08. The van der Waals surface area contributed by atoms with Crippen LogP contribution in [0.25, 0.3) is 0 Å². The monoisotopic (exact) mass is 430 g/mol. The summed E-state index contributed by atoms with van der Waals surface area (Å²) in [6.07, 6.45) is 6.11. The predicted molar refractivity (Wildman–Crippen MR) is 121 cm³/mol. The molecule has 0 fully saturated rings. The van der Waals surface area contributed by atoms with Crippen LogP contribution in [0.1, 0.15) is 42.6 Å². The van der Waals surface area contributed by atoms with Crippen molar-refractivity contribution in [1.29, 1.82) is 0 Å². The minimum absolute atomic E-state index is 0.00173. The van der Waals surface area contributed by atoms with Crippen LogP contribution in [0.5, 0.6) is 0 Å². The average Bonchev–Trinajstić information content (AvgIpc) is 3.18. The van der Waals surface area contributed by atoms with E-state index in [0.29, 0.717) is 25.3 Å². The van der Waals surface area contributed by atoms with Gasteiger partial charge >= 0.3 is 0 Å². The number of amides is 1. The van der Waals surface area contributed by atoms with E-state index in [1.807, 2.05) is 42.0 Å². The van der Waals surface area contributed by atoms with E-state index in [2.05, 4.69) is 23.7 Å². The summed E-state index contributed by atoms with van der Waals surface area (Å²) < 4.78 is 1.90. The maximum atomic E-state index is 12.1. The molecule has 0 unspecified atom stereocenters. The number of fused-ring (bicyclic) bond motifs is 1. The molecule has 0 radical (unpaired) electrons. The van der Waals surface area contributed by atoms with Crippen LogP contribution in [0.4, 0.5) is 0 Å². The van der Waals surface area contributed by atoms with Gasteiger partial charge < -0.3 is 14.4 Å². The van der Waals surface area contributed by atoms with Gasteiger partial charge in [-0.1, -0.05) is 49.7 Å². The number of hydrogen-bond donors (Lipinski definition) is 0. The number of carbonyl (C=O) groups is 2. The normalized spacial score (nSPS) is 13.2. The summed E-state index contributed by atoms with van der Waals surface area (Å²) in [7, 11) is 2.01. The Bertz CT molecular complexity index is 891. The lowest BCUT2D eigenvalue weighted by Crippen LogP contribution is -2.38. The van der Waals surface area contributed by atoms with Gasteiger partial charge in [-0.3, -0.25) is 9.59 Å². The molecule has 30 heavy (non-hydrogen) atoms. The Morgan fingerprint density at radius 1 is 1.23 bits per heavy atom. The van der Waals surface area contributed by atoms with Gasteiger partial charge in [0.15, 0.2) is 5.78 Å². The smallest absolute Gasteiger partial charge is 0.246 e. The van der Waals surface area contributed by atoms with Crippen molar-refractivity contribution in [2.75, 3.05) is 26.7 Å². The molecule has 2 heterocycles. The number of ketones is 1. The zero-order chi connectivity index (χ0) is 22.1. The van der Waals surface area contributed by atoms with Gasteiger partial charge in [0.1, 0.15) is 11.5 Å². The third-order valence-electron chi connectivity index (χ3n) is 5.09. The lowest BCUT2D eigenvalue weighted by atomic mass is 10.2. The zero-order valence-corrected chi connectivity index (χ0v) is 19.0. The van der Waals surface area contributed by atoms with E-state index < -0.39 is 0 Å². The molecular formula is C23H31ClN4O2. The first kappa shape index (κ1) is 23.8. The highest BCUT2D eigenvalue weighted by atomic mass is 35.5. The Balaban J connectivity index is 0.000000297. The highest BCUT2D eigenvalue weighted by Crippen LogP contribution is 2.15. The topological polar surface area (TPSA) is 58.4 Å². The second kappa shape index (κ2) is 11.7. The lowest BCUT2D eigenvalue weighted by molar-refractivity contribution is -0.127. The first-order valence-electron chi connectivity index (χ1n) is 10.3. The summed E-state index contributed by atoms with van der Waals surface area (Å²) in [6, 6.07) is 7.91. The Kier molecular flexibility index (Phi) is 9.27. The molecular weight excluding hydrogens is 400 g/mol. The Morgan fingerprint density at radius 2 is 1.97 bits per heavy atom. The predicted octanol–water partition coefficient (Wildman–Crippen LogP) is 3.84. The maximum absolute atomic E-state index is 12.1. The van der Waals surface area contributed by atoms with E-state index in [9.17, 15) is 9.59 Å². The molecule has 6 nitrogen and oxygen atoms in total. The minimum Gasteiger partial charge on any atom is -0.330 e. The van der Waals surface area contributed by atoms with Gasteiger partial charge in [0.2, 0.25) is 5.91 Å². The summed E-state index contributed by atoms with van der Waals surface area (Å²) in [5, 5.41) is 0.875. The van der Waals surface area contributed by atoms with Crippen molar-refractivity contribution in [2.24, 2.45) is 0 Å². The molecule has 1 aromatic carbocycles. The number of Topliss-reactive ketones (excluding diaryl/α,β-unsaturated/α-hetero) is 1. The number of halogens is 1. The number of imidazole rings is 1. The second-order valence-corrected chi connectivity index (χ2v) is 7.64. The highest BCUT2D eigenvalue weighted by Gasteiger charge is 2.23. The summed E-state index contributed by atoms with van der Waals surface area (Å²) in [5.41, 5.74) is 1.84. The number of rotatable bonds is 6. The molecule has 162 valence electrons. The fraction of sp³-hybridized carbons (Fsp3) is 0.435. The molecule has 7 heteroatoms. The van der Waals surface area contributed by atoms with Crippen molar-refractivity contribution in [3.05, 3.63) is 64.7 Å². The molecule has 1 amide bonds. The maximum Gasteiger partial charge on any atom is 0.246 e. The molecule has 0 spiro atoms. The van der Waals surface area contributed by atoms with Crippen molar-refractivity contribution >= 4 is 23.3 Å². The Hall–Kier alpha value is -2.44.